The highest BCUT2D eigenvalue weighted by Gasteiger charge is 2.18. The van der Waals surface area contributed by atoms with E-state index in [1.54, 1.807) is 0 Å². The third kappa shape index (κ3) is 1.88. The molecule has 2 aromatic rings. The highest BCUT2D eigenvalue weighted by atomic mass is 16.6. The number of nitro benzene ring substituents is 1. The predicted molar refractivity (Wildman–Crippen MR) is 54.6 cm³/mol. The van der Waals surface area contributed by atoms with Crippen molar-refractivity contribution in [2.75, 3.05) is 5.43 Å². The molecule has 0 saturated heterocycles. The fourth-order valence-corrected chi connectivity index (χ4v) is 1.12. The number of nitrogens with zero attached hydrogens (tertiary/aromatic N) is 3. The SMILES string of the molecule is NN.NNc1ccc([N+](=O)[O-])c2nonc12. The maximum atomic E-state index is 10.6. The number of anilines is 1. The van der Waals surface area contributed by atoms with Gasteiger partial charge in [-0.15, -0.1) is 0 Å². The average molecular weight is 227 g/mol. The second-order valence-electron chi connectivity index (χ2n) is 2.50. The first-order chi connectivity index (χ1) is 7.74. The molecule has 86 valence electrons. The van der Waals surface area contributed by atoms with Gasteiger partial charge in [0, 0.05) is 6.07 Å². The molecule has 0 fully saturated rings. The van der Waals surface area contributed by atoms with E-state index in [0.29, 0.717) is 5.69 Å². The summed E-state index contributed by atoms with van der Waals surface area (Å²) in [6, 6.07) is 2.71. The lowest BCUT2D eigenvalue weighted by Crippen LogP contribution is -2.07. The number of hydrogen-bond donors (Lipinski definition) is 4. The largest absolute Gasteiger partial charge is 0.322 e. The van der Waals surface area contributed by atoms with Crippen LogP contribution >= 0.6 is 0 Å². The smallest absolute Gasteiger partial charge is 0.300 e. The Balaban J connectivity index is 0.000000606. The van der Waals surface area contributed by atoms with Crippen LogP contribution in [0.2, 0.25) is 0 Å². The van der Waals surface area contributed by atoms with Gasteiger partial charge in [0.1, 0.15) is 0 Å². The van der Waals surface area contributed by atoms with Crippen molar-refractivity contribution in [3.05, 3.63) is 22.2 Å². The number of fused-ring (bicyclic) bond motifs is 1. The van der Waals surface area contributed by atoms with Gasteiger partial charge in [-0.2, -0.15) is 0 Å². The molecule has 0 radical (unpaired) electrons. The molecule has 1 aromatic carbocycles. The van der Waals surface area contributed by atoms with Gasteiger partial charge in [-0.3, -0.25) is 27.6 Å². The van der Waals surface area contributed by atoms with Gasteiger partial charge in [0.15, 0.2) is 5.52 Å². The van der Waals surface area contributed by atoms with Gasteiger partial charge in [-0.05, 0) is 16.4 Å². The summed E-state index contributed by atoms with van der Waals surface area (Å²) in [7, 11) is 0. The minimum Gasteiger partial charge on any atom is -0.322 e. The number of rotatable bonds is 2. The lowest BCUT2D eigenvalue weighted by Gasteiger charge is -1.98. The molecular weight excluding hydrogens is 218 g/mol. The lowest BCUT2D eigenvalue weighted by atomic mass is 10.2. The van der Waals surface area contributed by atoms with Crippen molar-refractivity contribution in [3.8, 4) is 0 Å². The van der Waals surface area contributed by atoms with Crippen LogP contribution in [0.15, 0.2) is 16.8 Å². The van der Waals surface area contributed by atoms with Gasteiger partial charge in [0.2, 0.25) is 5.52 Å². The summed E-state index contributed by atoms with van der Waals surface area (Å²) in [5.74, 6) is 13.2. The summed E-state index contributed by atoms with van der Waals surface area (Å²) in [6.07, 6.45) is 0. The molecule has 10 heteroatoms. The Bertz CT molecular complexity index is 496. The summed E-state index contributed by atoms with van der Waals surface area (Å²) < 4.78 is 4.40. The Labute approximate surface area is 88.4 Å². The van der Waals surface area contributed by atoms with E-state index in [1.807, 2.05) is 0 Å². The van der Waals surface area contributed by atoms with Crippen LogP contribution in [0.4, 0.5) is 11.4 Å². The van der Waals surface area contributed by atoms with Crippen molar-refractivity contribution < 1.29 is 9.55 Å². The molecule has 0 unspecified atom stereocenters. The van der Waals surface area contributed by atoms with E-state index in [4.69, 9.17) is 5.84 Å². The van der Waals surface area contributed by atoms with Crippen LogP contribution in [-0.4, -0.2) is 15.2 Å². The van der Waals surface area contributed by atoms with Gasteiger partial charge >= 0.3 is 5.69 Å². The normalized spacial score (nSPS) is 9.44. The molecule has 0 aliphatic heterocycles. The first kappa shape index (κ1) is 11.8. The van der Waals surface area contributed by atoms with Gasteiger partial charge in [-0.1, -0.05) is 0 Å². The lowest BCUT2D eigenvalue weighted by molar-refractivity contribution is -0.383. The molecule has 1 aromatic heterocycles. The zero-order valence-electron chi connectivity index (χ0n) is 7.95. The van der Waals surface area contributed by atoms with Crippen LogP contribution in [0.5, 0.6) is 0 Å². The topological polar surface area (TPSA) is 172 Å². The maximum absolute atomic E-state index is 10.6. The summed E-state index contributed by atoms with van der Waals surface area (Å²) in [5.41, 5.74) is 2.91. The number of nitro groups is 1. The van der Waals surface area contributed by atoms with Crippen molar-refractivity contribution in [3.63, 3.8) is 0 Å². The molecule has 16 heavy (non-hydrogen) atoms. The van der Waals surface area contributed by atoms with Crippen LogP contribution in [-0.2, 0) is 0 Å². The third-order valence-corrected chi connectivity index (χ3v) is 1.75. The second-order valence-corrected chi connectivity index (χ2v) is 2.50. The molecule has 10 nitrogen and oxygen atoms in total. The summed E-state index contributed by atoms with van der Waals surface area (Å²) in [6.45, 7) is 0. The van der Waals surface area contributed by atoms with Gasteiger partial charge in [0.25, 0.3) is 0 Å². The van der Waals surface area contributed by atoms with Gasteiger partial charge in [0.05, 0.1) is 10.6 Å². The number of nitrogens with two attached hydrogens (primary N) is 3. The van der Waals surface area contributed by atoms with Crippen molar-refractivity contribution in [1.29, 1.82) is 0 Å². The Morgan fingerprint density at radius 1 is 1.31 bits per heavy atom. The van der Waals surface area contributed by atoms with Gasteiger partial charge < -0.3 is 5.43 Å². The van der Waals surface area contributed by atoms with E-state index in [2.05, 4.69) is 32.1 Å². The van der Waals surface area contributed by atoms with E-state index in [9.17, 15) is 10.1 Å². The average Bonchev–Trinajstić information content (AvgIpc) is 2.78. The molecule has 0 bridgehead atoms. The van der Waals surface area contributed by atoms with Crippen LogP contribution in [0, 0.1) is 10.1 Å². The quantitative estimate of drug-likeness (QED) is 0.292. The maximum Gasteiger partial charge on any atom is 0.300 e. The van der Waals surface area contributed by atoms with E-state index in [-0.39, 0.29) is 16.7 Å². The highest BCUT2D eigenvalue weighted by molar-refractivity contribution is 5.93. The Morgan fingerprint density at radius 3 is 2.50 bits per heavy atom. The van der Waals surface area contributed by atoms with Crippen molar-refractivity contribution >= 4 is 22.4 Å². The molecule has 7 N–H and O–H groups in total. The molecule has 1 heterocycles. The van der Waals surface area contributed by atoms with E-state index >= 15 is 0 Å². The summed E-state index contributed by atoms with van der Waals surface area (Å²) in [4.78, 5) is 9.99. The molecular formula is C6H9N7O3. The molecule has 2 rings (SSSR count). The van der Waals surface area contributed by atoms with E-state index < -0.39 is 4.92 Å². The molecule has 0 saturated carbocycles. The van der Waals surface area contributed by atoms with Crippen LogP contribution in [0.1, 0.15) is 0 Å². The van der Waals surface area contributed by atoms with Gasteiger partial charge in [-0.25, -0.2) is 4.63 Å². The van der Waals surface area contributed by atoms with E-state index in [0.717, 1.165) is 0 Å². The first-order valence-electron chi connectivity index (χ1n) is 3.93. The molecule has 0 aliphatic carbocycles. The zero-order valence-corrected chi connectivity index (χ0v) is 7.95. The standard InChI is InChI=1S/C6H5N5O3.H4N2/c7-8-3-1-2-4(11(12)13)6-5(3)9-14-10-6;1-2/h1-2,8H,7H2;1-2H2. The number of non-ortho nitro benzene ring substituents is 1. The van der Waals surface area contributed by atoms with E-state index in [1.165, 1.54) is 12.1 Å². The summed E-state index contributed by atoms with van der Waals surface area (Å²) >= 11 is 0. The number of nitrogen functional groups attached to an aromatic ring is 1. The highest BCUT2D eigenvalue weighted by Crippen LogP contribution is 2.27. The number of hydrogen-bond acceptors (Lipinski definition) is 9. The minimum absolute atomic E-state index is 0.0745. The molecule has 0 atom stereocenters. The minimum atomic E-state index is -0.563. The number of benzene rings is 1. The Hall–Kier alpha value is -2.30. The summed E-state index contributed by atoms with van der Waals surface area (Å²) in [5, 5.41) is 17.5. The third-order valence-electron chi connectivity index (χ3n) is 1.75. The fraction of sp³-hybridized carbons (Fsp3) is 0. The number of nitrogens with one attached hydrogen (secondary N) is 1. The van der Waals surface area contributed by atoms with Crippen molar-refractivity contribution in [1.82, 2.24) is 10.3 Å². The number of aromatic nitrogens is 2. The first-order valence-corrected chi connectivity index (χ1v) is 3.93. The molecule has 0 amide bonds. The molecule has 0 aliphatic rings. The Morgan fingerprint density at radius 2 is 1.94 bits per heavy atom. The second kappa shape index (κ2) is 4.97. The zero-order chi connectivity index (χ0) is 12.1. The molecule has 0 spiro atoms. The van der Waals surface area contributed by atoms with Crippen molar-refractivity contribution in [2.45, 2.75) is 0 Å². The van der Waals surface area contributed by atoms with Crippen LogP contribution < -0.4 is 23.0 Å². The van der Waals surface area contributed by atoms with Crippen LogP contribution in [0.25, 0.3) is 11.0 Å². The number of hydrazine groups is 2. The monoisotopic (exact) mass is 227 g/mol. The predicted octanol–water partition coefficient (Wildman–Crippen LogP) is -0.765. The Kier molecular flexibility index (Phi) is 3.66. The fourth-order valence-electron chi connectivity index (χ4n) is 1.12. The van der Waals surface area contributed by atoms with Crippen LogP contribution in [0.3, 0.4) is 0 Å². The van der Waals surface area contributed by atoms with Crippen molar-refractivity contribution in [2.24, 2.45) is 17.5 Å².